The van der Waals surface area contributed by atoms with Gasteiger partial charge in [-0.3, -0.25) is 4.99 Å². The maximum atomic E-state index is 4.36. The molecule has 6 heteroatoms. The van der Waals surface area contributed by atoms with Crippen LogP contribution in [0.15, 0.2) is 35.3 Å². The van der Waals surface area contributed by atoms with Crippen molar-refractivity contribution in [1.82, 2.24) is 15.5 Å². The number of rotatable bonds is 8. The predicted molar refractivity (Wildman–Crippen MR) is 122 cm³/mol. The Hall–Kier alpha value is -0.470. The first-order valence-electron chi connectivity index (χ1n) is 8.93. The molecule has 2 rings (SSSR count). The number of hydrogen-bond acceptors (Lipinski definition) is 3. The fraction of sp³-hybridized carbons (Fsp3) is 0.632. The number of hydrogen-bond donors (Lipinski definition) is 2. The van der Waals surface area contributed by atoms with Gasteiger partial charge in [0.25, 0.3) is 0 Å². The van der Waals surface area contributed by atoms with E-state index in [0.717, 1.165) is 37.3 Å². The molecule has 2 N–H and O–H groups in total. The molecule has 25 heavy (non-hydrogen) atoms. The second kappa shape index (κ2) is 12.8. The Balaban J connectivity index is 0.00000312. The molecule has 1 saturated carbocycles. The fourth-order valence-electron chi connectivity index (χ4n) is 3.20. The lowest BCUT2D eigenvalue weighted by atomic mass is 10.2. The summed E-state index contributed by atoms with van der Waals surface area (Å²) in [5.41, 5.74) is 1.37. The lowest BCUT2D eigenvalue weighted by Crippen LogP contribution is -2.43. The molecule has 1 aliphatic carbocycles. The van der Waals surface area contributed by atoms with Gasteiger partial charge < -0.3 is 15.5 Å². The number of benzene rings is 1. The van der Waals surface area contributed by atoms with Crippen molar-refractivity contribution in [3.63, 3.8) is 0 Å². The standard InChI is InChI=1S/C19H32N4S.HI/c1-20-19(22-17-10-11-18(14-17)24-3)21-12-7-13-23(2)15-16-8-5-4-6-9-16;/h4-6,8-9,17-18H,7,10-15H2,1-3H3,(H2,20,21,22);1H. The Morgan fingerprint density at radius 2 is 2.04 bits per heavy atom. The van der Waals surface area contributed by atoms with Crippen LogP contribution in [0, 0.1) is 0 Å². The summed E-state index contributed by atoms with van der Waals surface area (Å²) in [5, 5.41) is 7.84. The summed E-state index contributed by atoms with van der Waals surface area (Å²) < 4.78 is 0. The van der Waals surface area contributed by atoms with Crippen molar-refractivity contribution in [2.45, 2.75) is 43.5 Å². The smallest absolute Gasteiger partial charge is 0.191 e. The third-order valence-corrected chi connectivity index (χ3v) is 5.68. The van der Waals surface area contributed by atoms with E-state index >= 15 is 0 Å². The van der Waals surface area contributed by atoms with Crippen LogP contribution in [0.1, 0.15) is 31.2 Å². The van der Waals surface area contributed by atoms with Crippen molar-refractivity contribution in [3.8, 4) is 0 Å². The van der Waals surface area contributed by atoms with Gasteiger partial charge in [-0.2, -0.15) is 11.8 Å². The molecule has 0 amide bonds. The van der Waals surface area contributed by atoms with Gasteiger partial charge in [0.2, 0.25) is 0 Å². The van der Waals surface area contributed by atoms with Crippen LogP contribution < -0.4 is 10.6 Å². The van der Waals surface area contributed by atoms with E-state index in [-0.39, 0.29) is 24.0 Å². The molecule has 142 valence electrons. The maximum Gasteiger partial charge on any atom is 0.191 e. The summed E-state index contributed by atoms with van der Waals surface area (Å²) >= 11 is 1.99. The molecule has 1 aromatic rings. The topological polar surface area (TPSA) is 39.7 Å². The van der Waals surface area contributed by atoms with Gasteiger partial charge >= 0.3 is 0 Å². The van der Waals surface area contributed by atoms with Crippen LogP contribution >= 0.6 is 35.7 Å². The second-order valence-electron chi connectivity index (χ2n) is 6.59. The summed E-state index contributed by atoms with van der Waals surface area (Å²) in [6, 6.07) is 11.2. The van der Waals surface area contributed by atoms with E-state index in [2.05, 4.69) is 64.2 Å². The Bertz CT molecular complexity index is 497. The zero-order valence-electron chi connectivity index (χ0n) is 15.7. The van der Waals surface area contributed by atoms with Crippen molar-refractivity contribution in [2.24, 2.45) is 4.99 Å². The molecule has 0 aliphatic heterocycles. The molecule has 0 heterocycles. The number of nitrogens with zero attached hydrogens (tertiary/aromatic N) is 2. The maximum absolute atomic E-state index is 4.36. The van der Waals surface area contributed by atoms with Crippen molar-refractivity contribution in [2.75, 3.05) is 33.4 Å². The number of thioether (sulfide) groups is 1. The SMILES string of the molecule is CN=C(NCCCN(C)Cc1ccccc1)NC1CCC(SC)C1.I. The van der Waals surface area contributed by atoms with Gasteiger partial charge in [0, 0.05) is 31.4 Å². The summed E-state index contributed by atoms with van der Waals surface area (Å²) in [7, 11) is 4.04. The summed E-state index contributed by atoms with van der Waals surface area (Å²) in [6.45, 7) is 3.04. The Labute approximate surface area is 174 Å². The van der Waals surface area contributed by atoms with Crippen molar-refractivity contribution < 1.29 is 0 Å². The monoisotopic (exact) mass is 476 g/mol. The van der Waals surface area contributed by atoms with Gasteiger partial charge in [0.05, 0.1) is 0 Å². The van der Waals surface area contributed by atoms with Crippen LogP contribution in [0.4, 0.5) is 0 Å². The molecule has 0 spiro atoms. The van der Waals surface area contributed by atoms with Gasteiger partial charge in [-0.1, -0.05) is 30.3 Å². The third kappa shape index (κ3) is 8.64. The van der Waals surface area contributed by atoms with Crippen LogP contribution in [0.25, 0.3) is 0 Å². The predicted octanol–water partition coefficient (Wildman–Crippen LogP) is 3.58. The number of guanidine groups is 1. The fourth-order valence-corrected chi connectivity index (χ4v) is 4.00. The minimum absolute atomic E-state index is 0. The van der Waals surface area contributed by atoms with Crippen molar-refractivity contribution in [3.05, 3.63) is 35.9 Å². The Morgan fingerprint density at radius 1 is 1.28 bits per heavy atom. The summed E-state index contributed by atoms with van der Waals surface area (Å²) in [5.74, 6) is 0.951. The highest BCUT2D eigenvalue weighted by Crippen LogP contribution is 2.27. The van der Waals surface area contributed by atoms with E-state index in [1.807, 2.05) is 18.8 Å². The normalized spacial score (nSPS) is 20.4. The number of nitrogens with one attached hydrogen (secondary N) is 2. The van der Waals surface area contributed by atoms with E-state index in [0.29, 0.717) is 6.04 Å². The molecule has 4 nitrogen and oxygen atoms in total. The minimum Gasteiger partial charge on any atom is -0.356 e. The quantitative estimate of drug-likeness (QED) is 0.261. The van der Waals surface area contributed by atoms with E-state index < -0.39 is 0 Å². The van der Waals surface area contributed by atoms with Crippen LogP contribution in [0.3, 0.4) is 0 Å². The zero-order chi connectivity index (χ0) is 17.2. The Morgan fingerprint density at radius 3 is 2.68 bits per heavy atom. The van der Waals surface area contributed by atoms with Gasteiger partial charge in [-0.15, -0.1) is 24.0 Å². The molecule has 0 bridgehead atoms. The average Bonchev–Trinajstić information content (AvgIpc) is 3.06. The number of aliphatic imine (C=N–C) groups is 1. The third-order valence-electron chi connectivity index (χ3n) is 4.59. The molecule has 1 aromatic carbocycles. The summed E-state index contributed by atoms with van der Waals surface area (Å²) in [6.07, 6.45) is 7.15. The first kappa shape index (κ1) is 22.6. The van der Waals surface area contributed by atoms with Gasteiger partial charge in [-0.25, -0.2) is 0 Å². The molecule has 1 aliphatic rings. The van der Waals surface area contributed by atoms with Gasteiger partial charge in [0.15, 0.2) is 5.96 Å². The molecular formula is C19H33IN4S. The number of halogens is 1. The van der Waals surface area contributed by atoms with Gasteiger partial charge in [0.1, 0.15) is 0 Å². The molecule has 2 unspecified atom stereocenters. The lowest BCUT2D eigenvalue weighted by molar-refractivity contribution is 0.322. The van der Waals surface area contributed by atoms with Crippen molar-refractivity contribution >= 4 is 41.7 Å². The molecule has 2 atom stereocenters. The largest absolute Gasteiger partial charge is 0.356 e. The highest BCUT2D eigenvalue weighted by Gasteiger charge is 2.24. The molecule has 1 fully saturated rings. The van der Waals surface area contributed by atoms with Crippen LogP contribution in [-0.2, 0) is 6.54 Å². The first-order chi connectivity index (χ1) is 11.7. The van der Waals surface area contributed by atoms with Crippen molar-refractivity contribution in [1.29, 1.82) is 0 Å². The van der Waals surface area contributed by atoms with Crippen LogP contribution in [0.2, 0.25) is 0 Å². The molecule has 0 radical (unpaired) electrons. The Kier molecular flexibility index (Phi) is 11.6. The molecular weight excluding hydrogens is 443 g/mol. The molecule has 0 aromatic heterocycles. The van der Waals surface area contributed by atoms with Gasteiger partial charge in [-0.05, 0) is 51.1 Å². The minimum atomic E-state index is 0. The van der Waals surface area contributed by atoms with E-state index in [1.54, 1.807) is 0 Å². The van der Waals surface area contributed by atoms with E-state index in [9.17, 15) is 0 Å². The zero-order valence-corrected chi connectivity index (χ0v) is 18.8. The first-order valence-corrected chi connectivity index (χ1v) is 10.2. The van der Waals surface area contributed by atoms with Crippen LogP contribution in [-0.4, -0.2) is 55.6 Å². The second-order valence-corrected chi connectivity index (χ2v) is 7.73. The van der Waals surface area contributed by atoms with Crippen LogP contribution in [0.5, 0.6) is 0 Å². The van der Waals surface area contributed by atoms with E-state index in [4.69, 9.17) is 0 Å². The summed E-state index contributed by atoms with van der Waals surface area (Å²) in [4.78, 5) is 6.73. The lowest BCUT2D eigenvalue weighted by Gasteiger charge is -2.19. The highest BCUT2D eigenvalue weighted by atomic mass is 127. The average molecular weight is 476 g/mol. The molecule has 0 saturated heterocycles. The highest BCUT2D eigenvalue weighted by molar-refractivity contribution is 14.0. The van der Waals surface area contributed by atoms with E-state index in [1.165, 1.54) is 24.8 Å².